The Kier molecular flexibility index (Phi) is 7.14. The Hall–Kier alpha value is -3.25. The van der Waals surface area contributed by atoms with Crippen molar-refractivity contribution in [1.82, 2.24) is 4.98 Å². The molecule has 0 bridgehead atoms. The number of nitrogens with one attached hydrogen (secondary N) is 1. The minimum absolute atomic E-state index is 0.127. The number of aromatic nitrogens is 1. The summed E-state index contributed by atoms with van der Waals surface area (Å²) >= 11 is 0. The van der Waals surface area contributed by atoms with Crippen LogP contribution in [0.5, 0.6) is 11.5 Å². The van der Waals surface area contributed by atoms with Gasteiger partial charge in [0.05, 0.1) is 23.1 Å². The Morgan fingerprint density at radius 3 is 2.53 bits per heavy atom. The number of hydrogen-bond acceptors (Lipinski definition) is 4. The second-order valence-corrected chi connectivity index (χ2v) is 6.92. The lowest BCUT2D eigenvalue weighted by molar-refractivity contribution is 0.0632. The molecule has 1 N–H and O–H groups in total. The first-order chi connectivity index (χ1) is 14.5. The fourth-order valence-electron chi connectivity index (χ4n) is 2.93. The largest absolute Gasteiger partial charge is 0.457 e. The Labute approximate surface area is 175 Å². The summed E-state index contributed by atoms with van der Waals surface area (Å²) in [5.74, 6) is 0.230. The van der Waals surface area contributed by atoms with Crippen molar-refractivity contribution in [1.29, 1.82) is 0 Å². The number of hydrogen-bond donors (Lipinski definition) is 1. The van der Waals surface area contributed by atoms with Crippen molar-refractivity contribution >= 4 is 11.6 Å². The van der Waals surface area contributed by atoms with Crippen molar-refractivity contribution in [2.24, 2.45) is 0 Å². The fraction of sp³-hybridized carbons (Fsp3) is 0.250. The van der Waals surface area contributed by atoms with E-state index in [0.29, 0.717) is 35.1 Å². The lowest BCUT2D eigenvalue weighted by Crippen LogP contribution is -2.15. The first kappa shape index (κ1) is 21.5. The topological polar surface area (TPSA) is 60.5 Å². The van der Waals surface area contributed by atoms with Gasteiger partial charge in [0.15, 0.2) is 0 Å². The maximum Gasteiger partial charge on any atom is 0.257 e. The third-order valence-electron chi connectivity index (χ3n) is 4.46. The maximum atomic E-state index is 13.3. The van der Waals surface area contributed by atoms with E-state index in [2.05, 4.69) is 17.2 Å². The van der Waals surface area contributed by atoms with Crippen LogP contribution in [0, 0.1) is 12.7 Å². The van der Waals surface area contributed by atoms with Crippen LogP contribution in [-0.2, 0) is 4.74 Å². The van der Waals surface area contributed by atoms with Gasteiger partial charge in [-0.15, -0.1) is 0 Å². The predicted octanol–water partition coefficient (Wildman–Crippen LogP) is 6.06. The van der Waals surface area contributed by atoms with E-state index in [9.17, 15) is 9.18 Å². The Morgan fingerprint density at radius 1 is 1.10 bits per heavy atom. The lowest BCUT2D eigenvalue weighted by Gasteiger charge is -2.14. The third kappa shape index (κ3) is 5.64. The number of halogens is 1. The van der Waals surface area contributed by atoms with E-state index in [1.807, 2.05) is 13.0 Å². The molecule has 30 heavy (non-hydrogen) atoms. The van der Waals surface area contributed by atoms with Crippen molar-refractivity contribution in [3.63, 3.8) is 0 Å². The molecule has 0 saturated heterocycles. The average molecular weight is 408 g/mol. The molecule has 0 spiro atoms. The second-order valence-electron chi connectivity index (χ2n) is 6.92. The summed E-state index contributed by atoms with van der Waals surface area (Å²) in [5, 5.41) is 2.86. The number of ether oxygens (including phenoxy) is 2. The first-order valence-electron chi connectivity index (χ1n) is 9.90. The van der Waals surface area contributed by atoms with E-state index in [4.69, 9.17) is 9.47 Å². The average Bonchev–Trinajstić information content (AvgIpc) is 2.72. The van der Waals surface area contributed by atoms with Crippen LogP contribution in [0.3, 0.4) is 0 Å². The standard InChI is InChI=1S/C24H25FN2O3/c1-4-13-29-17(3)23-12-11-22(16(2)26-23)24(28)27-19-8-6-10-21(15-19)30-20-9-5-7-18(25)14-20/h5-12,14-15,17H,4,13H2,1-3H3,(H,27,28). The summed E-state index contributed by atoms with van der Waals surface area (Å²) in [6, 6.07) is 16.4. The van der Waals surface area contributed by atoms with E-state index in [0.717, 1.165) is 12.1 Å². The fourth-order valence-corrected chi connectivity index (χ4v) is 2.93. The number of pyridine rings is 1. The van der Waals surface area contributed by atoms with Gasteiger partial charge in [-0.3, -0.25) is 9.78 Å². The molecule has 0 aliphatic heterocycles. The van der Waals surface area contributed by atoms with E-state index in [1.54, 1.807) is 49.4 Å². The molecule has 3 aromatic rings. The number of aryl methyl sites for hydroxylation is 1. The highest BCUT2D eigenvalue weighted by molar-refractivity contribution is 6.05. The van der Waals surface area contributed by atoms with Crippen LogP contribution in [-0.4, -0.2) is 17.5 Å². The summed E-state index contributed by atoms with van der Waals surface area (Å²) < 4.78 is 24.7. The van der Waals surface area contributed by atoms with E-state index in [-0.39, 0.29) is 17.8 Å². The van der Waals surface area contributed by atoms with Gasteiger partial charge >= 0.3 is 0 Å². The SMILES string of the molecule is CCCOC(C)c1ccc(C(=O)Nc2cccc(Oc3cccc(F)c3)c2)c(C)n1. The highest BCUT2D eigenvalue weighted by Gasteiger charge is 2.14. The zero-order chi connectivity index (χ0) is 21.5. The number of rotatable bonds is 8. The van der Waals surface area contributed by atoms with Gasteiger partial charge in [0.25, 0.3) is 5.91 Å². The number of nitrogens with zero attached hydrogens (tertiary/aromatic N) is 1. The highest BCUT2D eigenvalue weighted by atomic mass is 19.1. The number of anilines is 1. The number of amides is 1. The number of benzene rings is 2. The van der Waals surface area contributed by atoms with Gasteiger partial charge in [0.2, 0.25) is 0 Å². The number of carbonyl (C=O) groups excluding carboxylic acids is 1. The van der Waals surface area contributed by atoms with Crippen LogP contribution in [0.1, 0.15) is 48.1 Å². The molecular weight excluding hydrogens is 383 g/mol. The Morgan fingerprint density at radius 2 is 1.83 bits per heavy atom. The number of carbonyl (C=O) groups is 1. The molecule has 0 aliphatic rings. The van der Waals surface area contributed by atoms with Crippen LogP contribution in [0.25, 0.3) is 0 Å². The van der Waals surface area contributed by atoms with Crippen LogP contribution < -0.4 is 10.1 Å². The molecule has 1 aromatic heterocycles. The summed E-state index contributed by atoms with van der Waals surface area (Å²) in [5.41, 5.74) is 2.47. The highest BCUT2D eigenvalue weighted by Crippen LogP contribution is 2.25. The van der Waals surface area contributed by atoms with Crippen molar-refractivity contribution in [3.05, 3.63) is 83.4 Å². The van der Waals surface area contributed by atoms with Gasteiger partial charge < -0.3 is 14.8 Å². The molecule has 1 amide bonds. The van der Waals surface area contributed by atoms with E-state index < -0.39 is 0 Å². The van der Waals surface area contributed by atoms with Crippen LogP contribution >= 0.6 is 0 Å². The first-order valence-corrected chi connectivity index (χ1v) is 9.90. The van der Waals surface area contributed by atoms with Gasteiger partial charge in [0, 0.05) is 24.4 Å². The minimum Gasteiger partial charge on any atom is -0.457 e. The normalized spacial score (nSPS) is 11.7. The smallest absolute Gasteiger partial charge is 0.257 e. The van der Waals surface area contributed by atoms with Crippen LogP contribution in [0.4, 0.5) is 10.1 Å². The molecule has 6 heteroatoms. The summed E-state index contributed by atoms with van der Waals surface area (Å²) in [6.45, 7) is 6.46. The van der Waals surface area contributed by atoms with E-state index >= 15 is 0 Å². The molecule has 1 heterocycles. The molecule has 0 saturated carbocycles. The van der Waals surface area contributed by atoms with Gasteiger partial charge in [-0.05, 0) is 56.7 Å². The molecule has 1 atom stereocenters. The molecule has 156 valence electrons. The van der Waals surface area contributed by atoms with Gasteiger partial charge in [-0.25, -0.2) is 4.39 Å². The van der Waals surface area contributed by atoms with Gasteiger partial charge in [-0.1, -0.05) is 19.1 Å². The molecule has 1 unspecified atom stereocenters. The van der Waals surface area contributed by atoms with Gasteiger partial charge in [-0.2, -0.15) is 0 Å². The third-order valence-corrected chi connectivity index (χ3v) is 4.46. The molecular formula is C24H25FN2O3. The summed E-state index contributed by atoms with van der Waals surface area (Å²) in [6.07, 6.45) is 0.809. The zero-order valence-electron chi connectivity index (χ0n) is 17.3. The summed E-state index contributed by atoms with van der Waals surface area (Å²) in [4.78, 5) is 17.3. The maximum absolute atomic E-state index is 13.3. The predicted molar refractivity (Wildman–Crippen MR) is 115 cm³/mol. The molecule has 0 radical (unpaired) electrons. The van der Waals surface area contributed by atoms with E-state index in [1.165, 1.54) is 12.1 Å². The summed E-state index contributed by atoms with van der Waals surface area (Å²) in [7, 11) is 0. The molecule has 2 aromatic carbocycles. The quantitative estimate of drug-likeness (QED) is 0.492. The van der Waals surface area contributed by atoms with Crippen molar-refractivity contribution in [2.45, 2.75) is 33.3 Å². The Bertz CT molecular complexity index is 1020. The van der Waals surface area contributed by atoms with Gasteiger partial charge in [0.1, 0.15) is 17.3 Å². The minimum atomic E-state index is -0.377. The molecule has 0 aliphatic carbocycles. The molecule has 5 nitrogen and oxygen atoms in total. The Balaban J connectivity index is 1.70. The molecule has 0 fully saturated rings. The van der Waals surface area contributed by atoms with Crippen molar-refractivity contribution in [2.75, 3.05) is 11.9 Å². The van der Waals surface area contributed by atoms with Crippen molar-refractivity contribution < 1.29 is 18.7 Å². The van der Waals surface area contributed by atoms with Crippen LogP contribution in [0.15, 0.2) is 60.7 Å². The van der Waals surface area contributed by atoms with Crippen molar-refractivity contribution in [3.8, 4) is 11.5 Å². The monoisotopic (exact) mass is 408 g/mol. The lowest BCUT2D eigenvalue weighted by atomic mass is 10.1. The molecule has 3 rings (SSSR count). The van der Waals surface area contributed by atoms with Crippen LogP contribution in [0.2, 0.25) is 0 Å². The zero-order valence-corrected chi connectivity index (χ0v) is 17.3. The second kappa shape index (κ2) is 9.98.